The number of nitrogens with zero attached hydrogens (tertiary/aromatic N) is 2. The number of nitrogens with one attached hydrogen (secondary N) is 2. The predicted molar refractivity (Wildman–Crippen MR) is 49.2 cm³/mol. The van der Waals surface area contributed by atoms with Gasteiger partial charge >= 0.3 is 0 Å². The smallest absolute Gasteiger partial charge is 0.241 e. The summed E-state index contributed by atoms with van der Waals surface area (Å²) in [6.07, 6.45) is 3.05. The molecule has 0 aliphatic carbocycles. The van der Waals surface area contributed by atoms with Crippen molar-refractivity contribution in [2.75, 3.05) is 12.4 Å². The van der Waals surface area contributed by atoms with E-state index in [1.807, 2.05) is 0 Å². The minimum atomic E-state index is -0.292. The zero-order chi connectivity index (χ0) is 9.68. The molecule has 0 spiro atoms. The molecule has 0 radical (unpaired) electrons. The quantitative estimate of drug-likeness (QED) is 0.688. The van der Waals surface area contributed by atoms with E-state index in [-0.39, 0.29) is 11.9 Å². The lowest BCUT2D eigenvalue weighted by Gasteiger charge is -2.11. The van der Waals surface area contributed by atoms with Gasteiger partial charge in [0.05, 0.1) is 0 Å². The van der Waals surface area contributed by atoms with E-state index in [0.29, 0.717) is 5.82 Å². The third-order valence-electron chi connectivity index (χ3n) is 1.59. The van der Waals surface area contributed by atoms with Crippen LogP contribution in [0.25, 0.3) is 0 Å². The van der Waals surface area contributed by atoms with Crippen molar-refractivity contribution < 1.29 is 4.79 Å². The van der Waals surface area contributed by atoms with Crippen LogP contribution in [-0.2, 0) is 4.79 Å². The van der Waals surface area contributed by atoms with E-state index in [9.17, 15) is 4.79 Å². The standard InChI is InChI=1S/C8H12N4O/c1-6(8(13)9-2)12-7-3-4-10-5-11-7/h3-6H,1-2H3,(H,9,13)(H,10,11,12). The van der Waals surface area contributed by atoms with E-state index in [1.165, 1.54) is 6.33 Å². The number of aromatic nitrogens is 2. The van der Waals surface area contributed by atoms with Crippen LogP contribution in [0, 0.1) is 0 Å². The molecule has 1 amide bonds. The Morgan fingerprint density at radius 2 is 2.38 bits per heavy atom. The van der Waals surface area contributed by atoms with Crippen molar-refractivity contribution in [1.29, 1.82) is 0 Å². The summed E-state index contributed by atoms with van der Waals surface area (Å²) in [5.74, 6) is 0.574. The molecule has 1 unspecified atom stereocenters. The lowest BCUT2D eigenvalue weighted by Crippen LogP contribution is -2.35. The average Bonchev–Trinajstić information content (AvgIpc) is 2.18. The number of carbonyl (C=O) groups excluding carboxylic acids is 1. The molecule has 1 atom stereocenters. The van der Waals surface area contributed by atoms with Gasteiger partial charge in [-0.05, 0) is 13.0 Å². The van der Waals surface area contributed by atoms with Crippen molar-refractivity contribution in [3.63, 3.8) is 0 Å². The Balaban J connectivity index is 2.55. The lowest BCUT2D eigenvalue weighted by molar-refractivity contribution is -0.121. The number of hydrogen-bond acceptors (Lipinski definition) is 4. The normalized spacial score (nSPS) is 11.8. The van der Waals surface area contributed by atoms with Gasteiger partial charge in [-0.25, -0.2) is 9.97 Å². The second kappa shape index (κ2) is 4.39. The Labute approximate surface area is 76.6 Å². The summed E-state index contributed by atoms with van der Waals surface area (Å²) >= 11 is 0. The summed E-state index contributed by atoms with van der Waals surface area (Å²) in [4.78, 5) is 18.8. The zero-order valence-corrected chi connectivity index (χ0v) is 7.61. The fourth-order valence-corrected chi connectivity index (χ4v) is 0.880. The van der Waals surface area contributed by atoms with Gasteiger partial charge < -0.3 is 10.6 Å². The molecule has 5 nitrogen and oxygen atoms in total. The molecule has 0 aliphatic rings. The highest BCUT2D eigenvalue weighted by Crippen LogP contribution is 2.00. The minimum Gasteiger partial charge on any atom is -0.359 e. The maximum atomic E-state index is 11.1. The molecule has 0 saturated carbocycles. The Hall–Kier alpha value is -1.65. The first-order valence-electron chi connectivity index (χ1n) is 3.98. The molecule has 0 saturated heterocycles. The van der Waals surface area contributed by atoms with E-state index in [2.05, 4.69) is 20.6 Å². The van der Waals surface area contributed by atoms with Gasteiger partial charge in [0.2, 0.25) is 5.91 Å². The second-order valence-electron chi connectivity index (χ2n) is 2.57. The number of rotatable bonds is 3. The molecule has 0 aromatic carbocycles. The Morgan fingerprint density at radius 1 is 1.62 bits per heavy atom. The number of amides is 1. The van der Waals surface area contributed by atoms with Gasteiger partial charge in [-0.15, -0.1) is 0 Å². The van der Waals surface area contributed by atoms with Gasteiger partial charge in [0, 0.05) is 13.2 Å². The molecule has 0 aliphatic heterocycles. The van der Waals surface area contributed by atoms with E-state index in [0.717, 1.165) is 0 Å². The van der Waals surface area contributed by atoms with Crippen molar-refractivity contribution in [3.8, 4) is 0 Å². The molecule has 1 rings (SSSR count). The molecule has 1 heterocycles. The average molecular weight is 180 g/mol. The summed E-state index contributed by atoms with van der Waals surface area (Å²) in [6, 6.07) is 1.42. The predicted octanol–water partition coefficient (Wildman–Crippen LogP) is 0.0230. The van der Waals surface area contributed by atoms with Crippen molar-refractivity contribution >= 4 is 11.7 Å². The van der Waals surface area contributed by atoms with Crippen molar-refractivity contribution in [1.82, 2.24) is 15.3 Å². The molecule has 0 fully saturated rings. The first-order chi connectivity index (χ1) is 6.24. The topological polar surface area (TPSA) is 66.9 Å². The fraction of sp³-hybridized carbons (Fsp3) is 0.375. The van der Waals surface area contributed by atoms with Crippen LogP contribution in [0.4, 0.5) is 5.82 Å². The van der Waals surface area contributed by atoms with Crippen LogP contribution in [0.2, 0.25) is 0 Å². The van der Waals surface area contributed by atoms with Crippen LogP contribution >= 0.6 is 0 Å². The van der Waals surface area contributed by atoms with E-state index >= 15 is 0 Å². The molecule has 2 N–H and O–H groups in total. The van der Waals surface area contributed by atoms with Crippen molar-refractivity contribution in [3.05, 3.63) is 18.6 Å². The summed E-state index contributed by atoms with van der Waals surface area (Å²) in [6.45, 7) is 1.76. The summed E-state index contributed by atoms with van der Waals surface area (Å²) < 4.78 is 0. The first kappa shape index (κ1) is 9.44. The second-order valence-corrected chi connectivity index (χ2v) is 2.57. The van der Waals surface area contributed by atoms with Gasteiger partial charge in [0.25, 0.3) is 0 Å². The summed E-state index contributed by atoms with van der Waals surface area (Å²) in [7, 11) is 1.60. The van der Waals surface area contributed by atoms with Crippen LogP contribution in [0.5, 0.6) is 0 Å². The maximum Gasteiger partial charge on any atom is 0.241 e. The van der Waals surface area contributed by atoms with E-state index in [1.54, 1.807) is 26.2 Å². The maximum absolute atomic E-state index is 11.1. The van der Waals surface area contributed by atoms with Crippen LogP contribution in [0.1, 0.15) is 6.92 Å². The molecule has 0 bridgehead atoms. The molecular formula is C8H12N4O. The monoisotopic (exact) mass is 180 g/mol. The Bertz CT molecular complexity index is 275. The first-order valence-corrected chi connectivity index (χ1v) is 3.98. The van der Waals surface area contributed by atoms with Gasteiger partial charge in [0.1, 0.15) is 18.2 Å². The molecule has 1 aromatic rings. The molecule has 70 valence electrons. The molecule has 13 heavy (non-hydrogen) atoms. The highest BCUT2D eigenvalue weighted by atomic mass is 16.2. The highest BCUT2D eigenvalue weighted by molar-refractivity contribution is 5.83. The number of anilines is 1. The van der Waals surface area contributed by atoms with Crippen LogP contribution < -0.4 is 10.6 Å². The molecular weight excluding hydrogens is 168 g/mol. The van der Waals surface area contributed by atoms with E-state index < -0.39 is 0 Å². The van der Waals surface area contributed by atoms with Gasteiger partial charge in [-0.2, -0.15) is 0 Å². The fourth-order valence-electron chi connectivity index (χ4n) is 0.880. The third-order valence-corrected chi connectivity index (χ3v) is 1.59. The SMILES string of the molecule is CNC(=O)C(C)Nc1ccncn1. The molecule has 1 aromatic heterocycles. The third kappa shape index (κ3) is 2.70. The molecule has 5 heteroatoms. The number of likely N-dealkylation sites (N-methyl/N-ethyl adjacent to an activating group) is 1. The van der Waals surface area contributed by atoms with Crippen molar-refractivity contribution in [2.24, 2.45) is 0 Å². The van der Waals surface area contributed by atoms with Crippen LogP contribution in [-0.4, -0.2) is 29.0 Å². The van der Waals surface area contributed by atoms with E-state index in [4.69, 9.17) is 0 Å². The van der Waals surface area contributed by atoms with Crippen LogP contribution in [0.15, 0.2) is 18.6 Å². The summed E-state index contributed by atoms with van der Waals surface area (Å²) in [5, 5.41) is 5.47. The largest absolute Gasteiger partial charge is 0.359 e. The minimum absolute atomic E-state index is 0.0707. The van der Waals surface area contributed by atoms with Gasteiger partial charge in [0.15, 0.2) is 0 Å². The Morgan fingerprint density at radius 3 is 2.92 bits per heavy atom. The number of hydrogen-bond donors (Lipinski definition) is 2. The number of carbonyl (C=O) groups is 1. The summed E-state index contributed by atoms with van der Waals surface area (Å²) in [5.41, 5.74) is 0. The lowest BCUT2D eigenvalue weighted by atomic mass is 10.3. The van der Waals surface area contributed by atoms with Gasteiger partial charge in [-0.1, -0.05) is 0 Å². The zero-order valence-electron chi connectivity index (χ0n) is 7.61. The van der Waals surface area contributed by atoms with Crippen molar-refractivity contribution in [2.45, 2.75) is 13.0 Å². The Kier molecular flexibility index (Phi) is 3.19. The van der Waals surface area contributed by atoms with Gasteiger partial charge in [-0.3, -0.25) is 4.79 Å². The van der Waals surface area contributed by atoms with Crippen LogP contribution in [0.3, 0.4) is 0 Å². The highest BCUT2D eigenvalue weighted by Gasteiger charge is 2.09.